The smallest absolute Gasteiger partial charge is 0.0987 e. The Bertz CT molecular complexity index is 630. The maximum Gasteiger partial charge on any atom is 0.0987 e. The van der Waals surface area contributed by atoms with Crippen LogP contribution in [-0.2, 0) is 0 Å². The molecule has 3 rings (SSSR count). The molecule has 0 atom stereocenters. The van der Waals surface area contributed by atoms with E-state index in [2.05, 4.69) is 48.1 Å². The second-order valence-corrected chi connectivity index (χ2v) is 6.40. The highest BCUT2D eigenvalue weighted by molar-refractivity contribution is 7.99. The molecule has 106 valence electrons. The molecule has 2 heterocycles. The summed E-state index contributed by atoms with van der Waals surface area (Å²) in [7, 11) is 2.14. The van der Waals surface area contributed by atoms with Gasteiger partial charge in [-0.25, -0.2) is 0 Å². The van der Waals surface area contributed by atoms with Crippen molar-refractivity contribution in [3.63, 3.8) is 0 Å². The molecule has 0 radical (unpaired) electrons. The van der Waals surface area contributed by atoms with Crippen LogP contribution in [-0.4, -0.2) is 41.6 Å². The van der Waals surface area contributed by atoms with E-state index < -0.39 is 0 Å². The number of nitrogens with zero attached hydrogens (tertiary/aromatic N) is 2. The number of para-hydroxylation sites is 1. The van der Waals surface area contributed by atoms with Crippen LogP contribution in [0.15, 0.2) is 34.2 Å². The number of H-pyrrole nitrogens is 1. The zero-order valence-electron chi connectivity index (χ0n) is 12.1. The predicted molar refractivity (Wildman–Crippen MR) is 87.9 cm³/mol. The lowest BCUT2D eigenvalue weighted by atomic mass is 10.2. The first kappa shape index (κ1) is 13.6. The lowest BCUT2D eigenvalue weighted by Crippen LogP contribution is -2.19. The maximum absolute atomic E-state index is 4.72. The number of likely N-dealkylation sites (tertiary alicyclic amines) is 1. The summed E-state index contributed by atoms with van der Waals surface area (Å²) in [5.74, 6) is 2.32. The highest BCUT2D eigenvalue weighted by atomic mass is 32.2. The van der Waals surface area contributed by atoms with E-state index in [0.717, 1.165) is 25.3 Å². The largest absolute Gasteiger partial charge is 0.363 e. The molecule has 4 heteroatoms. The topological polar surface area (TPSA) is 31.4 Å². The minimum atomic E-state index is 0.906. The standard InChI is InChI=1S/C16H21N3S/c1-12-16(13-6-3-4-7-14(13)18-12)20-11-9-17-15-8-5-10-19(15)2/h3-4,6-7,18H,5,8-11H2,1-2H3/b17-15+. The molecule has 0 aliphatic carbocycles. The van der Waals surface area contributed by atoms with Gasteiger partial charge in [-0.3, -0.25) is 4.99 Å². The number of amidine groups is 1. The number of benzene rings is 1. The predicted octanol–water partition coefficient (Wildman–Crippen LogP) is 3.69. The van der Waals surface area contributed by atoms with Gasteiger partial charge >= 0.3 is 0 Å². The molecule has 0 unspecified atom stereocenters. The van der Waals surface area contributed by atoms with Crippen LogP contribution in [0, 0.1) is 6.92 Å². The Balaban J connectivity index is 1.64. The van der Waals surface area contributed by atoms with Gasteiger partial charge < -0.3 is 9.88 Å². The third-order valence-electron chi connectivity index (χ3n) is 3.80. The number of hydrogen-bond donors (Lipinski definition) is 1. The first-order chi connectivity index (χ1) is 9.75. The molecule has 2 aromatic rings. The molecule has 0 bridgehead atoms. The summed E-state index contributed by atoms with van der Waals surface area (Å²) in [6.07, 6.45) is 2.40. The normalized spacial score (nSPS) is 17.5. The Hall–Kier alpha value is -1.42. The molecule has 1 fully saturated rings. The number of aromatic nitrogens is 1. The average molecular weight is 287 g/mol. The molecular formula is C16H21N3S. The minimum absolute atomic E-state index is 0.906. The van der Waals surface area contributed by atoms with Crippen molar-refractivity contribution in [2.75, 3.05) is 25.9 Å². The lowest BCUT2D eigenvalue weighted by Gasteiger charge is -2.10. The molecular weight excluding hydrogens is 266 g/mol. The third-order valence-corrected chi connectivity index (χ3v) is 5.00. The Morgan fingerprint density at radius 1 is 1.35 bits per heavy atom. The fourth-order valence-corrected chi connectivity index (χ4v) is 3.74. The van der Waals surface area contributed by atoms with Crippen molar-refractivity contribution in [3.8, 4) is 0 Å². The van der Waals surface area contributed by atoms with E-state index in [1.165, 1.54) is 33.7 Å². The van der Waals surface area contributed by atoms with Crippen LogP contribution in [0.25, 0.3) is 10.9 Å². The number of thioether (sulfide) groups is 1. The molecule has 1 aromatic carbocycles. The molecule has 20 heavy (non-hydrogen) atoms. The quantitative estimate of drug-likeness (QED) is 0.687. The van der Waals surface area contributed by atoms with Crippen LogP contribution in [0.2, 0.25) is 0 Å². The zero-order valence-corrected chi connectivity index (χ0v) is 13.0. The highest BCUT2D eigenvalue weighted by Crippen LogP contribution is 2.31. The monoisotopic (exact) mass is 287 g/mol. The van der Waals surface area contributed by atoms with Crippen LogP contribution < -0.4 is 0 Å². The number of aryl methyl sites for hydroxylation is 1. The highest BCUT2D eigenvalue weighted by Gasteiger charge is 2.13. The number of rotatable bonds is 4. The molecule has 3 nitrogen and oxygen atoms in total. The second-order valence-electron chi connectivity index (χ2n) is 5.30. The summed E-state index contributed by atoms with van der Waals surface area (Å²) in [5.41, 5.74) is 2.50. The van der Waals surface area contributed by atoms with Crippen LogP contribution in [0.3, 0.4) is 0 Å². The van der Waals surface area contributed by atoms with Gasteiger partial charge in [0.05, 0.1) is 12.4 Å². The summed E-state index contributed by atoms with van der Waals surface area (Å²) < 4.78 is 0. The van der Waals surface area contributed by atoms with Gasteiger partial charge in [0.1, 0.15) is 0 Å². The molecule has 0 spiro atoms. The van der Waals surface area contributed by atoms with Gasteiger partial charge in [0, 0.05) is 47.3 Å². The van der Waals surface area contributed by atoms with Gasteiger partial charge in [-0.15, -0.1) is 11.8 Å². The first-order valence-electron chi connectivity index (χ1n) is 7.20. The van der Waals surface area contributed by atoms with Gasteiger partial charge in [0.25, 0.3) is 0 Å². The van der Waals surface area contributed by atoms with E-state index in [0.29, 0.717) is 0 Å². The number of nitrogens with one attached hydrogen (secondary N) is 1. The van der Waals surface area contributed by atoms with Crippen LogP contribution >= 0.6 is 11.8 Å². The zero-order chi connectivity index (χ0) is 13.9. The van der Waals surface area contributed by atoms with Crippen molar-refractivity contribution in [1.82, 2.24) is 9.88 Å². The minimum Gasteiger partial charge on any atom is -0.363 e. The second kappa shape index (κ2) is 5.92. The van der Waals surface area contributed by atoms with Crippen molar-refractivity contribution in [2.45, 2.75) is 24.7 Å². The number of aromatic amines is 1. The summed E-state index contributed by atoms with van der Waals surface area (Å²) in [4.78, 5) is 11.8. The SMILES string of the molecule is Cc1[nH]c2ccccc2c1SCC/N=C1\CCCN1C. The molecule has 1 aliphatic heterocycles. The van der Waals surface area contributed by atoms with Crippen LogP contribution in [0.5, 0.6) is 0 Å². The fourth-order valence-electron chi connectivity index (χ4n) is 2.75. The first-order valence-corrected chi connectivity index (χ1v) is 8.19. The van der Waals surface area contributed by atoms with E-state index in [9.17, 15) is 0 Å². The van der Waals surface area contributed by atoms with Crippen LogP contribution in [0.1, 0.15) is 18.5 Å². The fraction of sp³-hybridized carbons (Fsp3) is 0.438. The van der Waals surface area contributed by atoms with E-state index in [1.807, 2.05) is 11.8 Å². The van der Waals surface area contributed by atoms with Crippen molar-refractivity contribution in [2.24, 2.45) is 4.99 Å². The molecule has 1 saturated heterocycles. The summed E-state index contributed by atoms with van der Waals surface area (Å²) in [6, 6.07) is 8.51. The Morgan fingerprint density at radius 3 is 3.00 bits per heavy atom. The van der Waals surface area contributed by atoms with Crippen molar-refractivity contribution >= 4 is 28.5 Å². The van der Waals surface area contributed by atoms with Gasteiger partial charge in [0.2, 0.25) is 0 Å². The van der Waals surface area contributed by atoms with Gasteiger partial charge in [-0.05, 0) is 19.4 Å². The van der Waals surface area contributed by atoms with Crippen LogP contribution in [0.4, 0.5) is 0 Å². The van der Waals surface area contributed by atoms with Crippen molar-refractivity contribution in [1.29, 1.82) is 0 Å². The molecule has 0 amide bonds. The maximum atomic E-state index is 4.72. The molecule has 1 aliphatic rings. The third kappa shape index (κ3) is 2.70. The van der Waals surface area contributed by atoms with E-state index >= 15 is 0 Å². The van der Waals surface area contributed by atoms with Gasteiger partial charge in [-0.1, -0.05) is 18.2 Å². The Labute approximate surface area is 124 Å². The Morgan fingerprint density at radius 2 is 2.20 bits per heavy atom. The van der Waals surface area contributed by atoms with E-state index in [-0.39, 0.29) is 0 Å². The number of fused-ring (bicyclic) bond motifs is 1. The molecule has 1 N–H and O–H groups in total. The van der Waals surface area contributed by atoms with Crippen molar-refractivity contribution in [3.05, 3.63) is 30.0 Å². The summed E-state index contributed by atoms with van der Waals surface area (Å²) >= 11 is 1.91. The van der Waals surface area contributed by atoms with Gasteiger partial charge in [-0.2, -0.15) is 0 Å². The number of hydrogen-bond acceptors (Lipinski definition) is 2. The van der Waals surface area contributed by atoms with Gasteiger partial charge in [0.15, 0.2) is 0 Å². The summed E-state index contributed by atoms with van der Waals surface area (Å²) in [5, 5.41) is 1.33. The Kier molecular flexibility index (Phi) is 4.01. The average Bonchev–Trinajstić information content (AvgIpc) is 2.98. The van der Waals surface area contributed by atoms with E-state index in [4.69, 9.17) is 4.99 Å². The summed E-state index contributed by atoms with van der Waals surface area (Å²) in [6.45, 7) is 4.22. The number of aliphatic imine (C=N–C) groups is 1. The molecule has 0 saturated carbocycles. The van der Waals surface area contributed by atoms with Crippen molar-refractivity contribution < 1.29 is 0 Å². The van der Waals surface area contributed by atoms with E-state index in [1.54, 1.807) is 0 Å². The molecule has 1 aromatic heterocycles. The lowest BCUT2D eigenvalue weighted by molar-refractivity contribution is 0.548.